The third-order valence-electron chi connectivity index (χ3n) is 6.54. The quantitative estimate of drug-likeness (QED) is 0.254. The predicted octanol–water partition coefficient (Wildman–Crippen LogP) is 2.66. The lowest BCUT2D eigenvalue weighted by Gasteiger charge is -2.45. The predicted molar refractivity (Wildman–Crippen MR) is 125 cm³/mol. The molecule has 8 heteroatoms. The summed E-state index contributed by atoms with van der Waals surface area (Å²) in [6, 6.07) is 16.6. The molecule has 1 aliphatic carbocycles. The standard InChI is InChI=1S/C24H33BN2O5/c1-32-22-10-8-19(9-11-22)18-6-4-17(5-7-18)16-27-21-14-20(15-21)24(26,23(28)29)12-2-3-13-25(30)31/h4-11,20-21,27,30-31H,2-3,12-16,26H2,1H3,(H,28,29). The number of hydrogen-bond donors (Lipinski definition) is 5. The van der Waals surface area contributed by atoms with Gasteiger partial charge < -0.3 is 30.9 Å². The van der Waals surface area contributed by atoms with Crippen molar-refractivity contribution in [2.75, 3.05) is 7.11 Å². The van der Waals surface area contributed by atoms with Crippen LogP contribution in [0.1, 0.15) is 37.7 Å². The van der Waals surface area contributed by atoms with Crippen LogP contribution in [0.25, 0.3) is 11.1 Å². The van der Waals surface area contributed by atoms with Gasteiger partial charge >= 0.3 is 13.1 Å². The maximum absolute atomic E-state index is 11.8. The molecule has 0 spiro atoms. The molecule has 1 fully saturated rings. The van der Waals surface area contributed by atoms with Crippen molar-refractivity contribution in [3.63, 3.8) is 0 Å². The molecule has 3 rings (SSSR count). The summed E-state index contributed by atoms with van der Waals surface area (Å²) in [5, 5.41) is 31.0. The molecule has 1 atom stereocenters. The van der Waals surface area contributed by atoms with Gasteiger partial charge in [-0.2, -0.15) is 0 Å². The molecule has 0 aromatic heterocycles. The molecule has 0 aliphatic heterocycles. The highest BCUT2D eigenvalue weighted by atomic mass is 16.5. The van der Waals surface area contributed by atoms with Crippen LogP contribution in [0.5, 0.6) is 5.75 Å². The second-order valence-corrected chi connectivity index (χ2v) is 8.74. The lowest BCUT2D eigenvalue weighted by atomic mass is 9.66. The van der Waals surface area contributed by atoms with E-state index in [2.05, 4.69) is 29.6 Å². The van der Waals surface area contributed by atoms with E-state index >= 15 is 0 Å². The number of aliphatic carboxylic acids is 1. The van der Waals surface area contributed by atoms with E-state index in [0.717, 1.165) is 36.3 Å². The molecular weight excluding hydrogens is 407 g/mol. The van der Waals surface area contributed by atoms with Gasteiger partial charge in [-0.05, 0) is 60.3 Å². The molecule has 32 heavy (non-hydrogen) atoms. The van der Waals surface area contributed by atoms with Crippen molar-refractivity contribution >= 4 is 13.1 Å². The lowest BCUT2D eigenvalue weighted by molar-refractivity contribution is -0.148. The van der Waals surface area contributed by atoms with Gasteiger partial charge in [-0.1, -0.05) is 49.2 Å². The molecule has 0 saturated heterocycles. The second kappa shape index (κ2) is 11.0. The summed E-state index contributed by atoms with van der Waals surface area (Å²) in [6.45, 7) is 0.722. The van der Waals surface area contributed by atoms with Crippen LogP contribution in [-0.2, 0) is 11.3 Å². The summed E-state index contributed by atoms with van der Waals surface area (Å²) >= 11 is 0. The Morgan fingerprint density at radius 2 is 1.69 bits per heavy atom. The number of unbranched alkanes of at least 4 members (excludes halogenated alkanes) is 1. The van der Waals surface area contributed by atoms with Crippen LogP contribution in [0.2, 0.25) is 6.32 Å². The smallest absolute Gasteiger partial charge is 0.451 e. The van der Waals surface area contributed by atoms with Gasteiger partial charge in [-0.3, -0.25) is 4.79 Å². The molecule has 6 N–H and O–H groups in total. The van der Waals surface area contributed by atoms with Gasteiger partial charge in [0.15, 0.2) is 0 Å². The van der Waals surface area contributed by atoms with E-state index in [4.69, 9.17) is 20.5 Å². The number of carboxylic acid groups (broad SMARTS) is 1. The highest BCUT2D eigenvalue weighted by Gasteiger charge is 2.48. The zero-order chi connectivity index (χ0) is 23.1. The first-order valence-electron chi connectivity index (χ1n) is 11.2. The number of nitrogens with one attached hydrogen (secondary N) is 1. The SMILES string of the molecule is COc1ccc(-c2ccc(CNC3CC(C(N)(CCCCB(O)O)C(=O)O)C3)cc2)cc1. The van der Waals surface area contributed by atoms with E-state index in [-0.39, 0.29) is 18.3 Å². The Hall–Kier alpha value is -2.39. The van der Waals surface area contributed by atoms with Crippen molar-refractivity contribution < 1.29 is 24.7 Å². The average molecular weight is 440 g/mol. The second-order valence-electron chi connectivity index (χ2n) is 8.74. The molecular formula is C24H33BN2O5. The minimum absolute atomic E-state index is 0.0750. The Labute approximate surface area is 189 Å². The van der Waals surface area contributed by atoms with Crippen LogP contribution in [0.4, 0.5) is 0 Å². The fourth-order valence-corrected chi connectivity index (χ4v) is 4.30. The summed E-state index contributed by atoms with van der Waals surface area (Å²) in [5.74, 6) is -0.213. The monoisotopic (exact) mass is 440 g/mol. The average Bonchev–Trinajstić information content (AvgIpc) is 2.76. The zero-order valence-corrected chi connectivity index (χ0v) is 18.5. The number of rotatable bonds is 12. The largest absolute Gasteiger partial charge is 0.497 e. The first kappa shape index (κ1) is 24.3. The minimum atomic E-state index is -1.35. The van der Waals surface area contributed by atoms with Crippen molar-refractivity contribution in [2.45, 2.75) is 56.5 Å². The van der Waals surface area contributed by atoms with E-state index in [9.17, 15) is 9.90 Å². The maximum Gasteiger partial charge on any atom is 0.451 e. The molecule has 2 aromatic rings. The third-order valence-corrected chi connectivity index (χ3v) is 6.54. The van der Waals surface area contributed by atoms with E-state index in [1.165, 1.54) is 5.56 Å². The van der Waals surface area contributed by atoms with Gasteiger partial charge in [0.1, 0.15) is 11.3 Å². The first-order valence-corrected chi connectivity index (χ1v) is 11.2. The lowest BCUT2D eigenvalue weighted by Crippen LogP contribution is -2.61. The Kier molecular flexibility index (Phi) is 8.31. The number of benzene rings is 2. The first-order chi connectivity index (χ1) is 15.3. The number of carboxylic acids is 1. The highest BCUT2D eigenvalue weighted by molar-refractivity contribution is 6.40. The highest BCUT2D eigenvalue weighted by Crippen LogP contribution is 2.38. The molecule has 0 bridgehead atoms. The molecule has 1 saturated carbocycles. The Morgan fingerprint density at radius 3 is 2.22 bits per heavy atom. The van der Waals surface area contributed by atoms with E-state index in [1.807, 2.05) is 24.3 Å². The molecule has 1 aliphatic rings. The Balaban J connectivity index is 1.45. The fourth-order valence-electron chi connectivity index (χ4n) is 4.30. The van der Waals surface area contributed by atoms with Gasteiger partial charge in [0.25, 0.3) is 0 Å². The van der Waals surface area contributed by atoms with Crippen molar-refractivity contribution in [3.8, 4) is 16.9 Å². The number of hydrogen-bond acceptors (Lipinski definition) is 6. The number of methoxy groups -OCH3 is 1. The van der Waals surface area contributed by atoms with Crippen LogP contribution in [-0.4, -0.2) is 46.9 Å². The van der Waals surface area contributed by atoms with Crippen molar-refractivity contribution in [2.24, 2.45) is 11.7 Å². The Morgan fingerprint density at radius 1 is 1.09 bits per heavy atom. The summed E-state index contributed by atoms with van der Waals surface area (Å²) in [7, 11) is 0.302. The summed E-state index contributed by atoms with van der Waals surface area (Å²) in [5.41, 5.74) is 8.46. The zero-order valence-electron chi connectivity index (χ0n) is 18.5. The fraction of sp³-hybridized carbons (Fsp3) is 0.458. The van der Waals surface area contributed by atoms with E-state index in [0.29, 0.717) is 19.3 Å². The Bertz CT molecular complexity index is 869. The van der Waals surface area contributed by atoms with Crippen LogP contribution < -0.4 is 15.8 Å². The molecule has 0 amide bonds. The third kappa shape index (κ3) is 6.10. The maximum atomic E-state index is 11.8. The molecule has 172 valence electrons. The summed E-state index contributed by atoms with van der Waals surface area (Å²) in [4.78, 5) is 11.8. The minimum Gasteiger partial charge on any atom is -0.497 e. The van der Waals surface area contributed by atoms with Crippen LogP contribution >= 0.6 is 0 Å². The van der Waals surface area contributed by atoms with Crippen LogP contribution in [0.15, 0.2) is 48.5 Å². The summed E-state index contributed by atoms with van der Waals surface area (Å²) < 4.78 is 5.20. The number of ether oxygens (including phenoxy) is 1. The van der Waals surface area contributed by atoms with E-state index < -0.39 is 18.6 Å². The van der Waals surface area contributed by atoms with Gasteiger partial charge in [0.2, 0.25) is 0 Å². The molecule has 1 unspecified atom stereocenters. The van der Waals surface area contributed by atoms with Crippen LogP contribution in [0.3, 0.4) is 0 Å². The van der Waals surface area contributed by atoms with Gasteiger partial charge in [0, 0.05) is 12.6 Å². The molecule has 7 nitrogen and oxygen atoms in total. The van der Waals surface area contributed by atoms with E-state index in [1.54, 1.807) is 7.11 Å². The number of nitrogens with two attached hydrogens (primary N) is 1. The van der Waals surface area contributed by atoms with Gasteiger partial charge in [-0.15, -0.1) is 0 Å². The normalized spacial score (nSPS) is 19.6. The van der Waals surface area contributed by atoms with Crippen molar-refractivity contribution in [3.05, 3.63) is 54.1 Å². The molecule has 0 radical (unpaired) electrons. The van der Waals surface area contributed by atoms with Crippen LogP contribution in [0, 0.1) is 5.92 Å². The van der Waals surface area contributed by atoms with Gasteiger partial charge in [-0.25, -0.2) is 0 Å². The topological polar surface area (TPSA) is 125 Å². The molecule has 2 aromatic carbocycles. The van der Waals surface area contributed by atoms with Gasteiger partial charge in [0.05, 0.1) is 7.11 Å². The number of carbonyl (C=O) groups is 1. The van der Waals surface area contributed by atoms with Crippen molar-refractivity contribution in [1.29, 1.82) is 0 Å². The van der Waals surface area contributed by atoms with Crippen molar-refractivity contribution in [1.82, 2.24) is 5.32 Å². The molecule has 0 heterocycles. The summed E-state index contributed by atoms with van der Waals surface area (Å²) in [6.07, 6.45) is 3.16.